The number of nitrogens with zero attached hydrogens (tertiary/aromatic N) is 2. The third kappa shape index (κ3) is 12.0. The number of quaternary nitrogens is 1. The number of phosphoric acid groups is 1. The van der Waals surface area contributed by atoms with Crippen molar-refractivity contribution >= 4 is 20.1 Å². The van der Waals surface area contributed by atoms with Gasteiger partial charge in [0.2, 0.25) is 0 Å². The van der Waals surface area contributed by atoms with E-state index >= 15 is 0 Å². The molecule has 0 radical (unpaired) electrons. The maximum absolute atomic E-state index is 11.4. The Balaban J connectivity index is 3.79. The van der Waals surface area contributed by atoms with Crippen LogP contribution in [0.3, 0.4) is 0 Å². The highest BCUT2D eigenvalue weighted by Crippen LogP contribution is 2.42. The summed E-state index contributed by atoms with van der Waals surface area (Å²) in [6, 6.07) is 0. The second kappa shape index (κ2) is 8.39. The summed E-state index contributed by atoms with van der Waals surface area (Å²) in [5, 5.41) is 0. The molecule has 0 aromatic carbocycles. The summed E-state index contributed by atoms with van der Waals surface area (Å²) < 4.78 is 26.0. The third-order valence-electron chi connectivity index (χ3n) is 1.81. The molecule has 0 spiro atoms. The Labute approximate surface area is 113 Å². The van der Waals surface area contributed by atoms with Crippen molar-refractivity contribution in [2.75, 3.05) is 47.5 Å². The molecule has 0 aromatic rings. The molecule has 0 aromatic heterocycles. The van der Waals surface area contributed by atoms with Crippen LogP contribution >= 0.6 is 7.82 Å². The molecule has 112 valence electrons. The number of rotatable bonds is 8. The number of aliphatic imine (C=N–C) groups is 1. The molecule has 0 rings (SSSR count). The summed E-state index contributed by atoms with van der Waals surface area (Å²) in [5.74, 6) is 0. The Kier molecular flexibility index (Phi) is 8.05. The maximum atomic E-state index is 11.4. The average Bonchev–Trinajstić information content (AvgIpc) is 2.22. The maximum Gasteiger partial charge on any atom is 0.472 e. The highest BCUT2D eigenvalue weighted by atomic mass is 31.2. The first kappa shape index (κ1) is 18.2. The Morgan fingerprint density at radius 3 is 2.37 bits per heavy atom. The van der Waals surface area contributed by atoms with Crippen molar-refractivity contribution in [3.05, 3.63) is 0 Å². The molecule has 19 heavy (non-hydrogen) atoms. The second-order valence-corrected chi connectivity index (χ2v) is 6.10. The van der Waals surface area contributed by atoms with Gasteiger partial charge in [0, 0.05) is 6.21 Å². The van der Waals surface area contributed by atoms with Gasteiger partial charge in [0.1, 0.15) is 19.8 Å². The Morgan fingerprint density at radius 2 is 1.84 bits per heavy atom. The largest absolute Gasteiger partial charge is 0.472 e. The number of likely N-dealkylation sites (N-methyl/N-ethyl adjacent to an activating group) is 1. The fraction of sp³-hybridized carbons (Fsp3) is 0.800. The lowest BCUT2D eigenvalue weighted by molar-refractivity contribution is -0.870. The highest BCUT2D eigenvalue weighted by Gasteiger charge is 2.22. The van der Waals surface area contributed by atoms with Crippen molar-refractivity contribution in [1.29, 1.82) is 0 Å². The fourth-order valence-electron chi connectivity index (χ4n) is 0.892. The number of carbonyl (C=O) groups excluding carboxylic acids is 1. The zero-order valence-electron chi connectivity index (χ0n) is 11.7. The molecule has 0 heterocycles. The van der Waals surface area contributed by atoms with Crippen molar-refractivity contribution in [3.63, 3.8) is 0 Å². The van der Waals surface area contributed by atoms with E-state index in [2.05, 4.69) is 14.3 Å². The van der Waals surface area contributed by atoms with Gasteiger partial charge < -0.3 is 14.1 Å². The summed E-state index contributed by atoms with van der Waals surface area (Å²) in [6.07, 6.45) is 0.512. The van der Waals surface area contributed by atoms with Crippen LogP contribution in [-0.4, -0.2) is 69.2 Å². The van der Waals surface area contributed by atoms with E-state index in [1.165, 1.54) is 6.21 Å². The summed E-state index contributed by atoms with van der Waals surface area (Å²) in [5.41, 5.74) is 0. The van der Waals surface area contributed by atoms with Crippen molar-refractivity contribution in [3.8, 4) is 0 Å². The molecule has 0 aliphatic heterocycles. The molecule has 1 amide bonds. The first-order chi connectivity index (χ1) is 8.66. The average molecular weight is 297 g/mol. The molecule has 9 heteroatoms. The lowest BCUT2D eigenvalue weighted by Crippen LogP contribution is -2.37. The van der Waals surface area contributed by atoms with Gasteiger partial charge in [-0.1, -0.05) is 0 Å². The molecule has 0 saturated carbocycles. The Hall–Kier alpha value is -0.790. The van der Waals surface area contributed by atoms with E-state index in [0.29, 0.717) is 11.0 Å². The second-order valence-electron chi connectivity index (χ2n) is 4.65. The summed E-state index contributed by atoms with van der Waals surface area (Å²) in [7, 11) is 1.70. The van der Waals surface area contributed by atoms with Gasteiger partial charge in [-0.25, -0.2) is 9.36 Å². The fourth-order valence-corrected chi connectivity index (χ4v) is 1.58. The van der Waals surface area contributed by atoms with E-state index < -0.39 is 13.9 Å². The lowest BCUT2D eigenvalue weighted by Gasteiger charge is -2.23. The van der Waals surface area contributed by atoms with Crippen molar-refractivity contribution < 1.29 is 32.5 Å². The van der Waals surface area contributed by atoms with Gasteiger partial charge in [0.15, 0.2) is 0 Å². The van der Waals surface area contributed by atoms with E-state index in [1.807, 2.05) is 21.1 Å². The van der Waals surface area contributed by atoms with Crippen LogP contribution in [0.1, 0.15) is 6.92 Å². The molecule has 1 N–H and O–H groups in total. The molecular weight excluding hydrogens is 275 g/mol. The SMILES string of the molecule is CC=NC(=O)OCCOP(=O)(O)OCC[N+](C)(C)C. The molecule has 1 atom stereocenters. The minimum absolute atomic E-state index is 0.0944. The van der Waals surface area contributed by atoms with Crippen LogP contribution in [0.15, 0.2) is 4.99 Å². The quantitative estimate of drug-likeness (QED) is 0.311. The van der Waals surface area contributed by atoms with Gasteiger partial charge in [0.25, 0.3) is 0 Å². The number of hydrogen-bond acceptors (Lipinski definition) is 5. The molecule has 1 unspecified atom stereocenters. The van der Waals surface area contributed by atoms with E-state index in [4.69, 9.17) is 4.52 Å². The van der Waals surface area contributed by atoms with Gasteiger partial charge in [-0.05, 0) is 6.92 Å². The zero-order chi connectivity index (χ0) is 14.9. The van der Waals surface area contributed by atoms with E-state index in [0.717, 1.165) is 0 Å². The van der Waals surface area contributed by atoms with Crippen LogP contribution in [0.25, 0.3) is 0 Å². The standard InChI is InChI=1S/C10H21N2O6P/c1-5-11-10(13)16-8-9-18-19(14,15)17-7-6-12(2,3)4/h5H,6-9H2,1-4H3/p+1. The Bertz CT molecular complexity index is 352. The molecule has 0 bridgehead atoms. The Morgan fingerprint density at radius 1 is 1.26 bits per heavy atom. The first-order valence-electron chi connectivity index (χ1n) is 5.74. The number of carbonyl (C=O) groups is 1. The normalized spacial score (nSPS) is 15.4. The van der Waals surface area contributed by atoms with Crippen molar-refractivity contribution in [1.82, 2.24) is 0 Å². The van der Waals surface area contributed by atoms with Gasteiger partial charge in [-0.3, -0.25) is 9.05 Å². The summed E-state index contributed by atoms with van der Waals surface area (Å²) in [4.78, 5) is 23.5. The van der Waals surface area contributed by atoms with Gasteiger partial charge in [-0.15, -0.1) is 0 Å². The predicted octanol–water partition coefficient (Wildman–Crippen LogP) is 1.05. The van der Waals surface area contributed by atoms with Crippen LogP contribution in [0.5, 0.6) is 0 Å². The van der Waals surface area contributed by atoms with Crippen molar-refractivity contribution in [2.24, 2.45) is 4.99 Å². The number of ether oxygens (including phenoxy) is 1. The summed E-state index contributed by atoms with van der Waals surface area (Å²) >= 11 is 0. The number of amides is 1. The molecule has 0 aliphatic carbocycles. The topological polar surface area (TPSA) is 94.4 Å². The molecular formula is C10H22N2O6P+. The molecule has 0 fully saturated rings. The van der Waals surface area contributed by atoms with Crippen LogP contribution in [-0.2, 0) is 18.3 Å². The smallest absolute Gasteiger partial charge is 0.445 e. The zero-order valence-corrected chi connectivity index (χ0v) is 12.6. The van der Waals surface area contributed by atoms with Gasteiger partial charge >= 0.3 is 13.9 Å². The number of phosphoric ester groups is 1. The van der Waals surface area contributed by atoms with E-state index in [9.17, 15) is 14.3 Å². The first-order valence-corrected chi connectivity index (χ1v) is 7.23. The predicted molar refractivity (Wildman–Crippen MR) is 70.1 cm³/mol. The van der Waals surface area contributed by atoms with E-state index in [1.54, 1.807) is 6.92 Å². The van der Waals surface area contributed by atoms with E-state index in [-0.39, 0.29) is 19.8 Å². The van der Waals surface area contributed by atoms with Crippen LogP contribution < -0.4 is 0 Å². The highest BCUT2D eigenvalue weighted by molar-refractivity contribution is 7.47. The molecule has 8 nitrogen and oxygen atoms in total. The van der Waals surface area contributed by atoms with Crippen molar-refractivity contribution in [2.45, 2.75) is 6.92 Å². The molecule has 0 aliphatic rings. The van der Waals surface area contributed by atoms with Crippen LogP contribution in [0.2, 0.25) is 0 Å². The van der Waals surface area contributed by atoms with Crippen LogP contribution in [0.4, 0.5) is 4.79 Å². The van der Waals surface area contributed by atoms with Gasteiger partial charge in [0.05, 0.1) is 27.7 Å². The molecule has 0 saturated heterocycles. The van der Waals surface area contributed by atoms with Crippen LogP contribution in [0, 0.1) is 0 Å². The third-order valence-corrected chi connectivity index (χ3v) is 2.83. The monoisotopic (exact) mass is 297 g/mol. The minimum Gasteiger partial charge on any atom is -0.445 e. The van der Waals surface area contributed by atoms with Gasteiger partial charge in [-0.2, -0.15) is 4.99 Å². The number of hydrogen-bond donors (Lipinski definition) is 1. The minimum atomic E-state index is -4.09. The summed E-state index contributed by atoms with van der Waals surface area (Å²) in [6.45, 7) is 1.83. The lowest BCUT2D eigenvalue weighted by atomic mass is 10.5.